The number of rotatable bonds is 7. The fraction of sp³-hybridized carbons (Fsp3) is 0.652. The Hall–Kier alpha value is -1.24. The second kappa shape index (κ2) is 8.74. The number of allylic oxidation sites excluding steroid dienone is 2. The molecule has 134 valence electrons. The molecule has 0 saturated carbocycles. The first-order valence-corrected chi connectivity index (χ1v) is 10.0. The lowest BCUT2D eigenvalue weighted by Crippen LogP contribution is -2.17. The summed E-state index contributed by atoms with van der Waals surface area (Å²) in [5.74, 6) is 1.93. The maximum atomic E-state index is 6.59. The molecule has 0 radical (unpaired) electrons. The van der Waals surface area contributed by atoms with Gasteiger partial charge < -0.3 is 5.73 Å². The summed E-state index contributed by atoms with van der Waals surface area (Å²) < 4.78 is 0. The molecule has 0 heterocycles. The van der Waals surface area contributed by atoms with E-state index in [0.717, 1.165) is 18.5 Å². The molecule has 2 N–H and O–H groups in total. The van der Waals surface area contributed by atoms with Gasteiger partial charge in [0.2, 0.25) is 0 Å². The topological polar surface area (TPSA) is 26.0 Å². The van der Waals surface area contributed by atoms with Crippen LogP contribution in [0.5, 0.6) is 0 Å². The zero-order valence-electron chi connectivity index (χ0n) is 16.5. The minimum Gasteiger partial charge on any atom is -0.398 e. The normalized spacial score (nSPS) is 20.8. The molecule has 24 heavy (non-hydrogen) atoms. The molecule has 1 heteroatoms. The molecule has 2 rings (SSSR count). The van der Waals surface area contributed by atoms with Crippen LogP contribution in [0.3, 0.4) is 0 Å². The molecule has 0 saturated heterocycles. The molecule has 0 aliphatic heterocycles. The third kappa shape index (κ3) is 4.43. The number of anilines is 1. The number of unbranched alkanes of at least 4 members (excludes halogenated alkanes) is 2. The molecule has 0 amide bonds. The highest BCUT2D eigenvalue weighted by Gasteiger charge is 2.25. The van der Waals surface area contributed by atoms with Crippen molar-refractivity contribution in [3.05, 3.63) is 40.5 Å². The molecule has 1 aliphatic rings. The van der Waals surface area contributed by atoms with E-state index >= 15 is 0 Å². The van der Waals surface area contributed by atoms with Gasteiger partial charge in [-0.25, -0.2) is 0 Å². The van der Waals surface area contributed by atoms with E-state index in [0.29, 0.717) is 17.8 Å². The highest BCUT2D eigenvalue weighted by molar-refractivity contribution is 5.61. The Labute approximate surface area is 149 Å². The van der Waals surface area contributed by atoms with E-state index in [9.17, 15) is 0 Å². The molecule has 1 aliphatic carbocycles. The summed E-state index contributed by atoms with van der Waals surface area (Å²) in [4.78, 5) is 0. The van der Waals surface area contributed by atoms with Gasteiger partial charge in [0.05, 0.1) is 0 Å². The van der Waals surface area contributed by atoms with Crippen molar-refractivity contribution in [2.75, 3.05) is 5.73 Å². The lowest BCUT2D eigenvalue weighted by atomic mass is 9.75. The number of nitrogens with two attached hydrogens (primary N) is 1. The summed E-state index contributed by atoms with van der Waals surface area (Å²) in [6.07, 6.45) is 13.4. The van der Waals surface area contributed by atoms with E-state index in [-0.39, 0.29) is 0 Å². The first kappa shape index (κ1) is 19.1. The number of aryl methyl sites for hydroxylation is 1. The van der Waals surface area contributed by atoms with Gasteiger partial charge in [0.25, 0.3) is 0 Å². The summed E-state index contributed by atoms with van der Waals surface area (Å²) in [6.45, 7) is 11.6. The van der Waals surface area contributed by atoms with E-state index in [2.05, 4.69) is 52.8 Å². The van der Waals surface area contributed by atoms with Crippen LogP contribution in [-0.4, -0.2) is 0 Å². The number of hydrogen-bond donors (Lipinski definition) is 1. The monoisotopic (exact) mass is 327 g/mol. The van der Waals surface area contributed by atoms with E-state index in [1.54, 1.807) is 5.56 Å². The zero-order valence-corrected chi connectivity index (χ0v) is 16.5. The van der Waals surface area contributed by atoms with Crippen LogP contribution in [0.1, 0.15) is 88.0 Å². The Morgan fingerprint density at radius 2 is 1.96 bits per heavy atom. The summed E-state index contributed by atoms with van der Waals surface area (Å²) in [5, 5.41) is 0. The van der Waals surface area contributed by atoms with Crippen LogP contribution in [0.2, 0.25) is 0 Å². The first-order valence-electron chi connectivity index (χ1n) is 10.0. The van der Waals surface area contributed by atoms with Crippen LogP contribution in [0.25, 0.3) is 0 Å². The van der Waals surface area contributed by atoms with Crippen molar-refractivity contribution in [1.82, 2.24) is 0 Å². The largest absolute Gasteiger partial charge is 0.398 e. The molecule has 1 nitrogen and oxygen atoms in total. The van der Waals surface area contributed by atoms with Crippen LogP contribution in [0, 0.1) is 18.8 Å². The standard InChI is InChI=1S/C23H37N/c1-6-7-8-12-19-15-20(14-16(2)3)22(18(5)23(19)24)21-13-10-9-11-17(21)4/h10,13,15-17,21H,6-9,11-12,14,24H2,1-5H3. The lowest BCUT2D eigenvalue weighted by molar-refractivity contribution is 0.463. The first-order chi connectivity index (χ1) is 11.5. The van der Waals surface area contributed by atoms with Crippen LogP contribution in [0.15, 0.2) is 18.2 Å². The summed E-state index contributed by atoms with van der Waals surface area (Å²) in [7, 11) is 0. The van der Waals surface area contributed by atoms with Crippen LogP contribution < -0.4 is 5.73 Å². The van der Waals surface area contributed by atoms with Gasteiger partial charge >= 0.3 is 0 Å². The minimum absolute atomic E-state index is 0.541. The number of hydrogen-bond acceptors (Lipinski definition) is 1. The second-order valence-corrected chi connectivity index (χ2v) is 8.21. The van der Waals surface area contributed by atoms with Gasteiger partial charge in [0.1, 0.15) is 0 Å². The van der Waals surface area contributed by atoms with Crippen molar-refractivity contribution in [1.29, 1.82) is 0 Å². The molecule has 2 unspecified atom stereocenters. The maximum Gasteiger partial charge on any atom is 0.0379 e. The van der Waals surface area contributed by atoms with Crippen molar-refractivity contribution in [3.63, 3.8) is 0 Å². The molecule has 0 bridgehead atoms. The van der Waals surface area contributed by atoms with Gasteiger partial charge in [-0.05, 0) is 73.1 Å². The molecule has 1 aromatic carbocycles. The van der Waals surface area contributed by atoms with Crippen LogP contribution in [-0.2, 0) is 12.8 Å². The van der Waals surface area contributed by atoms with Gasteiger partial charge in [-0.1, -0.05) is 58.8 Å². The third-order valence-corrected chi connectivity index (χ3v) is 5.60. The molecule has 1 aromatic rings. The molecular formula is C23H37N. The predicted molar refractivity (Wildman–Crippen MR) is 108 cm³/mol. The predicted octanol–water partition coefficient (Wildman–Crippen LogP) is 6.58. The Bertz CT molecular complexity index is 568. The van der Waals surface area contributed by atoms with Crippen molar-refractivity contribution in [2.45, 2.75) is 85.5 Å². The minimum atomic E-state index is 0.541. The Kier molecular flexibility index (Phi) is 6.95. The summed E-state index contributed by atoms with van der Waals surface area (Å²) in [6, 6.07) is 2.45. The summed E-state index contributed by atoms with van der Waals surface area (Å²) >= 11 is 0. The van der Waals surface area contributed by atoms with Gasteiger partial charge in [0, 0.05) is 11.6 Å². The quantitative estimate of drug-likeness (QED) is 0.342. The van der Waals surface area contributed by atoms with E-state index in [1.165, 1.54) is 48.8 Å². The number of benzene rings is 1. The maximum absolute atomic E-state index is 6.59. The van der Waals surface area contributed by atoms with Gasteiger partial charge in [-0.2, -0.15) is 0 Å². The van der Waals surface area contributed by atoms with E-state index in [1.807, 2.05) is 0 Å². The smallest absolute Gasteiger partial charge is 0.0379 e. The SMILES string of the molecule is CCCCCc1cc(CC(C)C)c(C2C=CCCC2C)c(C)c1N. The third-order valence-electron chi connectivity index (χ3n) is 5.60. The van der Waals surface area contributed by atoms with Gasteiger partial charge in [0.15, 0.2) is 0 Å². The highest BCUT2D eigenvalue weighted by atomic mass is 14.6. The highest BCUT2D eigenvalue weighted by Crippen LogP contribution is 2.40. The second-order valence-electron chi connectivity index (χ2n) is 8.21. The molecule has 0 fully saturated rings. The zero-order chi connectivity index (χ0) is 17.7. The molecule has 0 aromatic heterocycles. The van der Waals surface area contributed by atoms with Crippen LogP contribution in [0.4, 0.5) is 5.69 Å². The average molecular weight is 328 g/mol. The molecular weight excluding hydrogens is 290 g/mol. The van der Waals surface area contributed by atoms with Crippen molar-refractivity contribution in [3.8, 4) is 0 Å². The molecule has 2 atom stereocenters. The van der Waals surface area contributed by atoms with Crippen molar-refractivity contribution >= 4 is 5.69 Å². The Morgan fingerprint density at radius 1 is 1.21 bits per heavy atom. The number of nitrogen functional groups attached to an aromatic ring is 1. The molecule has 0 spiro atoms. The van der Waals surface area contributed by atoms with E-state index < -0.39 is 0 Å². The van der Waals surface area contributed by atoms with Crippen molar-refractivity contribution < 1.29 is 0 Å². The van der Waals surface area contributed by atoms with E-state index in [4.69, 9.17) is 5.73 Å². The average Bonchev–Trinajstić information content (AvgIpc) is 2.53. The van der Waals surface area contributed by atoms with Gasteiger partial charge in [-0.3, -0.25) is 0 Å². The van der Waals surface area contributed by atoms with Crippen LogP contribution >= 0.6 is 0 Å². The fourth-order valence-corrected chi connectivity index (χ4v) is 4.19. The Morgan fingerprint density at radius 3 is 2.58 bits per heavy atom. The van der Waals surface area contributed by atoms with Gasteiger partial charge in [-0.15, -0.1) is 0 Å². The summed E-state index contributed by atoms with van der Waals surface area (Å²) in [5.41, 5.74) is 13.5. The fourth-order valence-electron chi connectivity index (χ4n) is 4.19. The lowest BCUT2D eigenvalue weighted by Gasteiger charge is -2.30. The van der Waals surface area contributed by atoms with Crippen molar-refractivity contribution in [2.24, 2.45) is 11.8 Å². The Balaban J connectivity index is 2.45.